The molecule has 0 saturated carbocycles. The summed E-state index contributed by atoms with van der Waals surface area (Å²) in [5.74, 6) is -1.21. The number of benzene rings is 1. The normalized spacial score (nSPS) is 29.2. The van der Waals surface area contributed by atoms with Gasteiger partial charge in [0.1, 0.15) is 24.1 Å². The predicted octanol–water partition coefficient (Wildman–Crippen LogP) is 0.0722. The molecule has 8 nitrogen and oxygen atoms in total. The molecule has 5 atom stereocenters. The van der Waals surface area contributed by atoms with Crippen LogP contribution in [-0.2, 0) is 14.3 Å². The van der Waals surface area contributed by atoms with Gasteiger partial charge in [-0.25, -0.2) is 4.39 Å². The van der Waals surface area contributed by atoms with E-state index in [1.54, 1.807) is 12.0 Å². The summed E-state index contributed by atoms with van der Waals surface area (Å²) in [6, 6.07) is 5.23. The van der Waals surface area contributed by atoms with Gasteiger partial charge in [0, 0.05) is 25.8 Å². The second-order valence-electron chi connectivity index (χ2n) is 7.46. The second-order valence-corrected chi connectivity index (χ2v) is 7.46. The van der Waals surface area contributed by atoms with E-state index in [4.69, 9.17) is 9.47 Å². The van der Waals surface area contributed by atoms with Crippen LogP contribution in [0.2, 0.25) is 0 Å². The zero-order valence-electron chi connectivity index (χ0n) is 16.3. The van der Waals surface area contributed by atoms with E-state index in [9.17, 15) is 24.2 Å². The first-order valence-corrected chi connectivity index (χ1v) is 9.74. The Morgan fingerprint density at radius 2 is 2.07 bits per heavy atom. The maximum atomic E-state index is 13.2. The molecule has 0 bridgehead atoms. The first-order valence-electron chi connectivity index (χ1n) is 9.74. The molecule has 1 aromatic carbocycles. The number of hydrogen-bond acceptors (Lipinski definition) is 6. The van der Waals surface area contributed by atoms with Crippen molar-refractivity contribution in [3.63, 3.8) is 0 Å². The topological polar surface area (TPSA) is 108 Å². The first-order chi connectivity index (χ1) is 13.9. The van der Waals surface area contributed by atoms with Gasteiger partial charge in [-0.2, -0.15) is 0 Å². The molecule has 0 unspecified atom stereocenters. The molecule has 2 amide bonds. The third kappa shape index (κ3) is 5.11. The van der Waals surface area contributed by atoms with E-state index in [1.165, 1.54) is 18.2 Å². The van der Waals surface area contributed by atoms with Crippen molar-refractivity contribution in [3.8, 4) is 0 Å². The summed E-state index contributed by atoms with van der Waals surface area (Å²) >= 11 is 0. The van der Waals surface area contributed by atoms with Gasteiger partial charge < -0.3 is 29.9 Å². The van der Waals surface area contributed by atoms with Crippen LogP contribution in [0, 0.1) is 5.82 Å². The van der Waals surface area contributed by atoms with Gasteiger partial charge in [-0.1, -0.05) is 6.07 Å². The Balaban J connectivity index is 1.53. The Bertz CT molecular complexity index is 733. The third-order valence-corrected chi connectivity index (χ3v) is 5.44. The van der Waals surface area contributed by atoms with Crippen molar-refractivity contribution in [2.45, 2.75) is 49.7 Å². The predicted molar refractivity (Wildman–Crippen MR) is 101 cm³/mol. The van der Waals surface area contributed by atoms with Crippen LogP contribution >= 0.6 is 0 Å². The number of nitrogens with one attached hydrogen (secondary N) is 1. The molecular weight excluding hydrogens is 383 g/mol. The van der Waals surface area contributed by atoms with Gasteiger partial charge in [0.2, 0.25) is 5.91 Å². The first kappa shape index (κ1) is 21.6. The quantitative estimate of drug-likeness (QED) is 0.587. The number of ether oxygens (including phenoxy) is 2. The van der Waals surface area contributed by atoms with Crippen molar-refractivity contribution >= 4 is 11.8 Å². The highest BCUT2D eigenvalue weighted by molar-refractivity contribution is 5.94. The number of aliphatic hydroxyl groups is 2. The van der Waals surface area contributed by atoms with Crippen LogP contribution in [0.4, 0.5) is 4.39 Å². The lowest BCUT2D eigenvalue weighted by Gasteiger charge is -2.26. The zero-order valence-corrected chi connectivity index (χ0v) is 16.3. The van der Waals surface area contributed by atoms with Gasteiger partial charge in [-0.15, -0.1) is 0 Å². The lowest BCUT2D eigenvalue weighted by atomic mass is 10.0. The van der Waals surface area contributed by atoms with Crippen LogP contribution in [0.1, 0.15) is 29.6 Å². The largest absolute Gasteiger partial charge is 0.388 e. The lowest BCUT2D eigenvalue weighted by Crippen LogP contribution is -2.42. The number of likely N-dealkylation sites (tertiary alicyclic amines) is 1. The standard InChI is InChI=1S/C20H27FN2O6/c1-28-11-14-6-3-7-23(14)17(24)9-15-18(25)19(26)16(29-15)10-22-20(27)12-4-2-5-13(21)8-12/h2,4-5,8,14-16,18-19,25-26H,3,6-7,9-11H2,1H3,(H,22,27)/t14-,15+,16-,18+,19-/m1/s1. The van der Waals surface area contributed by atoms with Gasteiger partial charge >= 0.3 is 0 Å². The number of halogens is 1. The summed E-state index contributed by atoms with van der Waals surface area (Å²) in [4.78, 5) is 26.5. The smallest absolute Gasteiger partial charge is 0.251 e. The molecule has 2 fully saturated rings. The average molecular weight is 410 g/mol. The molecule has 3 rings (SSSR count). The molecule has 0 spiro atoms. The fourth-order valence-electron chi connectivity index (χ4n) is 3.91. The fraction of sp³-hybridized carbons (Fsp3) is 0.600. The second kappa shape index (κ2) is 9.62. The summed E-state index contributed by atoms with van der Waals surface area (Å²) in [5, 5.41) is 23.1. The Labute approximate surface area is 168 Å². The van der Waals surface area contributed by atoms with Crippen molar-refractivity contribution in [3.05, 3.63) is 35.6 Å². The van der Waals surface area contributed by atoms with Gasteiger partial charge in [0.05, 0.1) is 25.2 Å². The van der Waals surface area contributed by atoms with Gasteiger partial charge in [-0.3, -0.25) is 9.59 Å². The van der Waals surface area contributed by atoms with Crippen LogP contribution in [0.3, 0.4) is 0 Å². The highest BCUT2D eigenvalue weighted by Crippen LogP contribution is 2.26. The number of nitrogens with zero attached hydrogens (tertiary/aromatic N) is 1. The Hall–Kier alpha value is -2.07. The van der Waals surface area contributed by atoms with E-state index >= 15 is 0 Å². The number of carbonyl (C=O) groups is 2. The van der Waals surface area contributed by atoms with Gasteiger partial charge in [0.15, 0.2) is 0 Å². The number of rotatable bonds is 7. The van der Waals surface area contributed by atoms with Crippen LogP contribution in [0.15, 0.2) is 24.3 Å². The molecule has 160 valence electrons. The van der Waals surface area contributed by atoms with Crippen LogP contribution in [0.5, 0.6) is 0 Å². The van der Waals surface area contributed by atoms with Crippen molar-refractivity contribution in [1.82, 2.24) is 10.2 Å². The highest BCUT2D eigenvalue weighted by Gasteiger charge is 2.44. The van der Waals surface area contributed by atoms with Crippen molar-refractivity contribution in [2.24, 2.45) is 0 Å². The Morgan fingerprint density at radius 3 is 2.79 bits per heavy atom. The molecule has 0 aliphatic carbocycles. The molecule has 2 aliphatic heterocycles. The number of amides is 2. The average Bonchev–Trinajstić information content (AvgIpc) is 3.26. The molecule has 2 saturated heterocycles. The molecule has 29 heavy (non-hydrogen) atoms. The molecule has 2 aliphatic rings. The van der Waals surface area contributed by atoms with E-state index < -0.39 is 36.1 Å². The van der Waals surface area contributed by atoms with E-state index in [1.807, 2.05) is 0 Å². The number of methoxy groups -OCH3 is 1. The fourth-order valence-corrected chi connectivity index (χ4v) is 3.91. The summed E-state index contributed by atoms with van der Waals surface area (Å²) < 4.78 is 24.0. The lowest BCUT2D eigenvalue weighted by molar-refractivity contribution is -0.137. The number of hydrogen-bond donors (Lipinski definition) is 3. The van der Waals surface area contributed by atoms with Gasteiger partial charge in [-0.05, 0) is 31.0 Å². The van der Waals surface area contributed by atoms with Crippen LogP contribution < -0.4 is 5.32 Å². The summed E-state index contributed by atoms with van der Waals surface area (Å²) in [6.45, 7) is 1.01. The third-order valence-electron chi connectivity index (χ3n) is 5.44. The maximum absolute atomic E-state index is 13.2. The molecule has 0 aromatic heterocycles. The monoisotopic (exact) mass is 410 g/mol. The zero-order chi connectivity index (χ0) is 21.0. The van der Waals surface area contributed by atoms with Crippen LogP contribution in [0.25, 0.3) is 0 Å². The van der Waals surface area contributed by atoms with Crippen molar-refractivity contribution in [2.75, 3.05) is 26.8 Å². The SMILES string of the molecule is COC[C@H]1CCCN1C(=O)C[C@@H]1O[C@H](CNC(=O)c2cccc(F)c2)[C@@H](O)[C@H]1O. The summed E-state index contributed by atoms with van der Waals surface area (Å²) in [7, 11) is 1.59. The molecule has 0 radical (unpaired) electrons. The van der Waals surface area contributed by atoms with Crippen molar-refractivity contribution in [1.29, 1.82) is 0 Å². The van der Waals surface area contributed by atoms with E-state index in [0.29, 0.717) is 13.2 Å². The van der Waals surface area contributed by atoms with Gasteiger partial charge in [0.25, 0.3) is 5.91 Å². The van der Waals surface area contributed by atoms with E-state index in [0.717, 1.165) is 18.9 Å². The highest BCUT2D eigenvalue weighted by atomic mass is 19.1. The van der Waals surface area contributed by atoms with Crippen LogP contribution in [-0.4, -0.2) is 84.2 Å². The maximum Gasteiger partial charge on any atom is 0.251 e. The van der Waals surface area contributed by atoms with E-state index in [2.05, 4.69) is 5.32 Å². The van der Waals surface area contributed by atoms with Crippen molar-refractivity contribution < 1.29 is 33.7 Å². The minimum Gasteiger partial charge on any atom is -0.388 e. The Morgan fingerprint density at radius 1 is 1.31 bits per heavy atom. The number of aliphatic hydroxyl groups excluding tert-OH is 2. The molecule has 2 heterocycles. The summed E-state index contributed by atoms with van der Waals surface area (Å²) in [6.07, 6.45) is -2.51. The minimum absolute atomic E-state index is 0.0114. The molecule has 3 N–H and O–H groups in total. The molecule has 1 aromatic rings. The molecule has 9 heteroatoms. The number of carbonyl (C=O) groups excluding carboxylic acids is 2. The minimum atomic E-state index is -1.24. The molecular formula is C20H27FN2O6. The Kier molecular flexibility index (Phi) is 7.18. The van der Waals surface area contributed by atoms with E-state index in [-0.39, 0.29) is 30.5 Å². The summed E-state index contributed by atoms with van der Waals surface area (Å²) in [5.41, 5.74) is 0.142.